The molecule has 1 unspecified atom stereocenters. The standard InChI is InChI=1S/C15H15BrClNO2/c1-19-12-4-3-5-13(20-2)14(12)15(18)10-7-6-9(16)8-11(10)17/h3-8,15H,18H2,1-2H3. The summed E-state index contributed by atoms with van der Waals surface area (Å²) in [6, 6.07) is 10.7. The molecule has 0 amide bonds. The molecular formula is C15H15BrClNO2. The molecule has 0 saturated carbocycles. The molecule has 0 aliphatic carbocycles. The summed E-state index contributed by atoms with van der Waals surface area (Å²) in [6.07, 6.45) is 0. The smallest absolute Gasteiger partial charge is 0.127 e. The van der Waals surface area contributed by atoms with Crippen LogP contribution >= 0.6 is 27.5 Å². The monoisotopic (exact) mass is 355 g/mol. The zero-order chi connectivity index (χ0) is 14.7. The van der Waals surface area contributed by atoms with Crippen molar-refractivity contribution in [2.24, 2.45) is 5.73 Å². The molecule has 2 aromatic carbocycles. The Balaban J connectivity index is 2.55. The molecule has 0 radical (unpaired) electrons. The van der Waals surface area contributed by atoms with Crippen LogP contribution < -0.4 is 15.2 Å². The number of halogens is 2. The van der Waals surface area contributed by atoms with E-state index in [4.69, 9.17) is 26.8 Å². The first-order valence-electron chi connectivity index (χ1n) is 6.00. The van der Waals surface area contributed by atoms with Crippen molar-refractivity contribution >= 4 is 27.5 Å². The summed E-state index contributed by atoms with van der Waals surface area (Å²) < 4.78 is 11.7. The SMILES string of the molecule is COc1cccc(OC)c1C(N)c1ccc(Br)cc1Cl. The van der Waals surface area contributed by atoms with Crippen molar-refractivity contribution in [2.75, 3.05) is 14.2 Å². The first-order chi connectivity index (χ1) is 9.58. The van der Waals surface area contributed by atoms with Gasteiger partial charge in [-0.3, -0.25) is 0 Å². The summed E-state index contributed by atoms with van der Waals surface area (Å²) in [4.78, 5) is 0. The predicted octanol–water partition coefficient (Wildman–Crippen LogP) is 4.17. The van der Waals surface area contributed by atoms with Crippen LogP contribution in [0, 0.1) is 0 Å². The fourth-order valence-electron chi connectivity index (χ4n) is 2.10. The lowest BCUT2D eigenvalue weighted by Gasteiger charge is -2.20. The highest BCUT2D eigenvalue weighted by atomic mass is 79.9. The summed E-state index contributed by atoms with van der Waals surface area (Å²) in [7, 11) is 3.21. The van der Waals surface area contributed by atoms with E-state index in [1.165, 1.54) is 0 Å². The largest absolute Gasteiger partial charge is 0.496 e. The second kappa shape index (κ2) is 6.48. The van der Waals surface area contributed by atoms with E-state index in [-0.39, 0.29) is 0 Å². The number of methoxy groups -OCH3 is 2. The van der Waals surface area contributed by atoms with Crippen LogP contribution in [0.2, 0.25) is 5.02 Å². The van der Waals surface area contributed by atoms with Crippen molar-refractivity contribution in [1.82, 2.24) is 0 Å². The van der Waals surface area contributed by atoms with Gasteiger partial charge in [0.05, 0.1) is 25.8 Å². The van der Waals surface area contributed by atoms with Gasteiger partial charge in [-0.15, -0.1) is 0 Å². The summed E-state index contributed by atoms with van der Waals surface area (Å²) in [5, 5.41) is 0.597. The van der Waals surface area contributed by atoms with Gasteiger partial charge in [0.15, 0.2) is 0 Å². The maximum absolute atomic E-state index is 6.36. The Hall–Kier alpha value is -1.23. The maximum atomic E-state index is 6.36. The van der Waals surface area contributed by atoms with Crippen LogP contribution in [0.15, 0.2) is 40.9 Å². The molecule has 0 aliphatic rings. The first kappa shape index (κ1) is 15.2. The van der Waals surface area contributed by atoms with E-state index in [9.17, 15) is 0 Å². The van der Waals surface area contributed by atoms with E-state index in [1.807, 2.05) is 36.4 Å². The highest BCUT2D eigenvalue weighted by Crippen LogP contribution is 2.38. The quantitative estimate of drug-likeness (QED) is 0.894. The second-order valence-corrected chi connectivity index (χ2v) is 5.54. The molecule has 2 aromatic rings. The predicted molar refractivity (Wildman–Crippen MR) is 84.7 cm³/mol. The molecule has 0 aromatic heterocycles. The average Bonchev–Trinajstić information content (AvgIpc) is 2.45. The van der Waals surface area contributed by atoms with Gasteiger partial charge < -0.3 is 15.2 Å². The summed E-state index contributed by atoms with van der Waals surface area (Å²) in [6.45, 7) is 0. The highest BCUT2D eigenvalue weighted by Gasteiger charge is 2.21. The molecule has 0 spiro atoms. The summed E-state index contributed by atoms with van der Waals surface area (Å²) in [5.41, 5.74) is 7.96. The Bertz CT molecular complexity index is 597. The topological polar surface area (TPSA) is 44.5 Å². The lowest BCUT2D eigenvalue weighted by Crippen LogP contribution is -2.15. The molecule has 2 N–H and O–H groups in total. The van der Waals surface area contributed by atoms with Crippen molar-refractivity contribution in [3.8, 4) is 11.5 Å². The molecule has 20 heavy (non-hydrogen) atoms. The van der Waals surface area contributed by atoms with E-state index in [2.05, 4.69) is 15.9 Å². The number of rotatable bonds is 4. The minimum Gasteiger partial charge on any atom is -0.496 e. The van der Waals surface area contributed by atoms with Gasteiger partial charge in [0, 0.05) is 9.50 Å². The summed E-state index contributed by atoms with van der Waals surface area (Å²) in [5.74, 6) is 1.35. The van der Waals surface area contributed by atoms with Crippen molar-refractivity contribution in [2.45, 2.75) is 6.04 Å². The molecule has 2 rings (SSSR count). The molecule has 0 saturated heterocycles. The highest BCUT2D eigenvalue weighted by molar-refractivity contribution is 9.10. The average molecular weight is 357 g/mol. The Kier molecular flexibility index (Phi) is 4.91. The number of benzene rings is 2. The molecule has 5 heteroatoms. The van der Waals surface area contributed by atoms with Gasteiger partial charge in [-0.25, -0.2) is 0 Å². The van der Waals surface area contributed by atoms with E-state index < -0.39 is 6.04 Å². The Morgan fingerprint density at radius 1 is 1.10 bits per heavy atom. The van der Waals surface area contributed by atoms with Crippen LogP contribution in [0.4, 0.5) is 0 Å². The normalized spacial score (nSPS) is 12.1. The van der Waals surface area contributed by atoms with E-state index in [1.54, 1.807) is 14.2 Å². The van der Waals surface area contributed by atoms with Crippen LogP contribution in [0.3, 0.4) is 0 Å². The molecule has 0 fully saturated rings. The van der Waals surface area contributed by atoms with Gasteiger partial charge in [0.1, 0.15) is 11.5 Å². The van der Waals surface area contributed by atoms with Gasteiger partial charge in [0.2, 0.25) is 0 Å². The van der Waals surface area contributed by atoms with Gasteiger partial charge >= 0.3 is 0 Å². The number of ether oxygens (including phenoxy) is 2. The van der Waals surface area contributed by atoms with Gasteiger partial charge in [0.25, 0.3) is 0 Å². The number of nitrogens with two attached hydrogens (primary N) is 1. The minimum absolute atomic E-state index is 0.429. The third kappa shape index (κ3) is 2.92. The Morgan fingerprint density at radius 3 is 2.20 bits per heavy atom. The third-order valence-corrected chi connectivity index (χ3v) is 3.90. The lowest BCUT2D eigenvalue weighted by molar-refractivity contribution is 0.382. The molecule has 1 atom stereocenters. The summed E-state index contributed by atoms with van der Waals surface area (Å²) >= 11 is 9.66. The Labute approximate surface area is 131 Å². The molecule has 3 nitrogen and oxygen atoms in total. The van der Waals surface area contributed by atoms with E-state index in [0.29, 0.717) is 16.5 Å². The van der Waals surface area contributed by atoms with Gasteiger partial charge in [-0.05, 0) is 29.8 Å². The fourth-order valence-corrected chi connectivity index (χ4v) is 2.89. The molecule has 0 aliphatic heterocycles. The fraction of sp³-hybridized carbons (Fsp3) is 0.200. The second-order valence-electron chi connectivity index (χ2n) is 4.22. The van der Waals surface area contributed by atoms with Crippen molar-refractivity contribution in [3.63, 3.8) is 0 Å². The van der Waals surface area contributed by atoms with Crippen LogP contribution in [-0.4, -0.2) is 14.2 Å². The zero-order valence-corrected chi connectivity index (χ0v) is 13.5. The molecular weight excluding hydrogens is 342 g/mol. The maximum Gasteiger partial charge on any atom is 0.127 e. The van der Waals surface area contributed by atoms with E-state index >= 15 is 0 Å². The van der Waals surface area contributed by atoms with Crippen LogP contribution in [-0.2, 0) is 0 Å². The molecule has 106 valence electrons. The van der Waals surface area contributed by atoms with Gasteiger partial charge in [-0.1, -0.05) is 39.7 Å². The van der Waals surface area contributed by atoms with Crippen molar-refractivity contribution in [1.29, 1.82) is 0 Å². The molecule has 0 bridgehead atoms. The van der Waals surface area contributed by atoms with Crippen LogP contribution in [0.1, 0.15) is 17.2 Å². The van der Waals surface area contributed by atoms with Crippen LogP contribution in [0.25, 0.3) is 0 Å². The van der Waals surface area contributed by atoms with E-state index in [0.717, 1.165) is 15.6 Å². The minimum atomic E-state index is -0.429. The van der Waals surface area contributed by atoms with Crippen LogP contribution in [0.5, 0.6) is 11.5 Å². The number of hydrogen-bond acceptors (Lipinski definition) is 3. The van der Waals surface area contributed by atoms with Crippen molar-refractivity contribution < 1.29 is 9.47 Å². The third-order valence-electron chi connectivity index (χ3n) is 3.07. The number of hydrogen-bond donors (Lipinski definition) is 1. The lowest BCUT2D eigenvalue weighted by atomic mass is 9.97. The molecule has 0 heterocycles. The first-order valence-corrected chi connectivity index (χ1v) is 7.17. The zero-order valence-electron chi connectivity index (χ0n) is 11.2. The van der Waals surface area contributed by atoms with Crippen molar-refractivity contribution in [3.05, 3.63) is 57.0 Å². The van der Waals surface area contributed by atoms with Gasteiger partial charge in [-0.2, -0.15) is 0 Å². The Morgan fingerprint density at radius 2 is 1.70 bits per heavy atom.